The number of rotatable bonds is 4. The number of nitrogens with zero attached hydrogens (tertiary/aromatic N) is 2. The number of morpholine rings is 1. The zero-order chi connectivity index (χ0) is 16.2. The van der Waals surface area contributed by atoms with Crippen LogP contribution < -0.4 is 0 Å². The second-order valence-corrected chi connectivity index (χ2v) is 5.61. The van der Waals surface area contributed by atoms with Crippen molar-refractivity contribution in [1.82, 2.24) is 4.90 Å². The molecule has 1 aliphatic heterocycles. The molecule has 2 aliphatic rings. The van der Waals surface area contributed by atoms with E-state index in [0.29, 0.717) is 13.2 Å². The lowest BCUT2D eigenvalue weighted by atomic mass is 10.1. The second kappa shape index (κ2) is 6.75. The summed E-state index contributed by atoms with van der Waals surface area (Å²) in [5, 5.41) is 10.9. The van der Waals surface area contributed by atoms with Gasteiger partial charge in [0.1, 0.15) is 6.29 Å². The molecule has 0 amide bonds. The average molecular weight is 314 g/mol. The summed E-state index contributed by atoms with van der Waals surface area (Å²) in [6, 6.07) is 6.56. The molecule has 0 aromatic heterocycles. The quantitative estimate of drug-likeness (QED) is 0.485. The van der Waals surface area contributed by atoms with E-state index >= 15 is 0 Å². The zero-order valence-corrected chi connectivity index (χ0v) is 12.7. The molecule has 0 radical (unpaired) electrons. The summed E-state index contributed by atoms with van der Waals surface area (Å²) in [7, 11) is 0. The first-order valence-corrected chi connectivity index (χ1v) is 7.65. The number of ether oxygens (including phenoxy) is 1. The minimum atomic E-state index is -0.397. The van der Waals surface area contributed by atoms with Gasteiger partial charge in [-0.25, -0.2) is 0 Å². The number of non-ortho nitro benzene ring substituents is 1. The van der Waals surface area contributed by atoms with Crippen molar-refractivity contribution in [3.8, 4) is 0 Å². The number of hydrogen-bond donors (Lipinski definition) is 0. The predicted octanol–water partition coefficient (Wildman–Crippen LogP) is 2.56. The average Bonchev–Trinajstić information content (AvgIpc) is 2.98. The minimum Gasteiger partial charge on any atom is -0.378 e. The van der Waals surface area contributed by atoms with Crippen LogP contribution in [-0.2, 0) is 9.53 Å². The van der Waals surface area contributed by atoms with E-state index in [4.69, 9.17) is 4.74 Å². The van der Waals surface area contributed by atoms with Gasteiger partial charge < -0.3 is 9.64 Å². The van der Waals surface area contributed by atoms with Gasteiger partial charge in [0.25, 0.3) is 5.69 Å². The Morgan fingerprint density at radius 3 is 2.70 bits per heavy atom. The highest BCUT2D eigenvalue weighted by Gasteiger charge is 2.25. The standard InChI is InChI=1S/C17H18N2O4/c20-12-15-5-4-14(17(15)18-6-8-23-9-7-18)10-13-2-1-3-16(11-13)19(21)22/h1-3,10-12H,4-9H2/b14-10+. The van der Waals surface area contributed by atoms with Crippen LogP contribution in [0.4, 0.5) is 5.69 Å². The molecule has 0 spiro atoms. The fourth-order valence-electron chi connectivity index (χ4n) is 3.09. The highest BCUT2D eigenvalue weighted by atomic mass is 16.6. The van der Waals surface area contributed by atoms with Gasteiger partial charge in [-0.05, 0) is 30.1 Å². The van der Waals surface area contributed by atoms with Crippen LogP contribution in [0.2, 0.25) is 0 Å². The Hall–Kier alpha value is -2.47. The number of aldehydes is 1. The number of carbonyl (C=O) groups is 1. The Morgan fingerprint density at radius 1 is 1.22 bits per heavy atom. The molecular weight excluding hydrogens is 296 g/mol. The predicted molar refractivity (Wildman–Crippen MR) is 85.8 cm³/mol. The summed E-state index contributed by atoms with van der Waals surface area (Å²) < 4.78 is 5.38. The Balaban J connectivity index is 1.94. The maximum Gasteiger partial charge on any atom is 0.270 e. The van der Waals surface area contributed by atoms with Crippen molar-refractivity contribution in [2.24, 2.45) is 0 Å². The van der Waals surface area contributed by atoms with E-state index in [1.54, 1.807) is 12.1 Å². The monoisotopic (exact) mass is 314 g/mol. The van der Waals surface area contributed by atoms with Gasteiger partial charge in [-0.1, -0.05) is 12.1 Å². The van der Waals surface area contributed by atoms with Crippen LogP contribution in [0.15, 0.2) is 41.1 Å². The van der Waals surface area contributed by atoms with Gasteiger partial charge in [0, 0.05) is 36.5 Å². The molecule has 6 nitrogen and oxygen atoms in total. The van der Waals surface area contributed by atoms with Gasteiger partial charge >= 0.3 is 0 Å². The second-order valence-electron chi connectivity index (χ2n) is 5.61. The molecule has 0 N–H and O–H groups in total. The van der Waals surface area contributed by atoms with Crippen LogP contribution in [-0.4, -0.2) is 42.4 Å². The summed E-state index contributed by atoms with van der Waals surface area (Å²) in [5.74, 6) is 0. The van der Waals surface area contributed by atoms with Gasteiger partial charge in [-0.15, -0.1) is 0 Å². The fourth-order valence-corrected chi connectivity index (χ4v) is 3.09. The molecule has 6 heteroatoms. The topological polar surface area (TPSA) is 72.7 Å². The van der Waals surface area contributed by atoms with Gasteiger partial charge in [-0.3, -0.25) is 14.9 Å². The number of allylic oxidation sites excluding steroid dienone is 2. The van der Waals surface area contributed by atoms with Crippen LogP contribution >= 0.6 is 0 Å². The smallest absolute Gasteiger partial charge is 0.270 e. The van der Waals surface area contributed by atoms with Crippen LogP contribution in [0.1, 0.15) is 18.4 Å². The molecule has 0 unspecified atom stereocenters. The van der Waals surface area contributed by atoms with E-state index in [0.717, 1.165) is 54.6 Å². The molecule has 1 aromatic rings. The molecule has 0 bridgehead atoms. The molecule has 3 rings (SSSR count). The van der Waals surface area contributed by atoms with E-state index in [9.17, 15) is 14.9 Å². The SMILES string of the molecule is O=CC1=C(N2CCOCC2)/C(=C/c2cccc([N+](=O)[O-])c2)CC1. The maximum atomic E-state index is 11.4. The maximum absolute atomic E-state index is 11.4. The first-order valence-electron chi connectivity index (χ1n) is 7.65. The molecule has 0 atom stereocenters. The normalized spacial score (nSPS) is 20.2. The largest absolute Gasteiger partial charge is 0.378 e. The molecule has 1 fully saturated rings. The molecular formula is C17H18N2O4. The number of nitro groups is 1. The summed E-state index contributed by atoms with van der Waals surface area (Å²) in [4.78, 5) is 24.1. The molecule has 1 aliphatic carbocycles. The Bertz CT molecular complexity index is 688. The molecule has 1 aromatic carbocycles. The number of nitro benzene ring substituents is 1. The molecule has 0 saturated carbocycles. The third kappa shape index (κ3) is 3.32. The van der Waals surface area contributed by atoms with Crippen molar-refractivity contribution in [3.63, 3.8) is 0 Å². The van der Waals surface area contributed by atoms with Crippen molar-refractivity contribution >= 4 is 18.0 Å². The van der Waals surface area contributed by atoms with Gasteiger partial charge in [-0.2, -0.15) is 0 Å². The first-order chi connectivity index (χ1) is 11.2. The lowest BCUT2D eigenvalue weighted by Crippen LogP contribution is -2.36. The lowest BCUT2D eigenvalue weighted by molar-refractivity contribution is -0.384. The fraction of sp³-hybridized carbons (Fsp3) is 0.353. The summed E-state index contributed by atoms with van der Waals surface area (Å²) in [6.45, 7) is 2.83. The Labute approximate surface area is 134 Å². The number of benzene rings is 1. The van der Waals surface area contributed by atoms with E-state index in [2.05, 4.69) is 4.90 Å². The van der Waals surface area contributed by atoms with Gasteiger partial charge in [0.15, 0.2) is 0 Å². The van der Waals surface area contributed by atoms with Crippen molar-refractivity contribution in [2.75, 3.05) is 26.3 Å². The number of hydrogen-bond acceptors (Lipinski definition) is 5. The highest BCUT2D eigenvalue weighted by molar-refractivity contribution is 5.80. The van der Waals surface area contributed by atoms with E-state index < -0.39 is 4.92 Å². The van der Waals surface area contributed by atoms with E-state index in [1.807, 2.05) is 12.1 Å². The Morgan fingerprint density at radius 2 is 2.00 bits per heavy atom. The van der Waals surface area contributed by atoms with Crippen molar-refractivity contribution < 1.29 is 14.5 Å². The third-order valence-electron chi connectivity index (χ3n) is 4.16. The first kappa shape index (κ1) is 15.4. The minimum absolute atomic E-state index is 0.0739. The molecule has 1 saturated heterocycles. The number of carbonyl (C=O) groups excluding carboxylic acids is 1. The highest BCUT2D eigenvalue weighted by Crippen LogP contribution is 2.35. The van der Waals surface area contributed by atoms with E-state index in [-0.39, 0.29) is 5.69 Å². The van der Waals surface area contributed by atoms with Crippen molar-refractivity contribution in [1.29, 1.82) is 0 Å². The molecule has 120 valence electrons. The van der Waals surface area contributed by atoms with Crippen molar-refractivity contribution in [2.45, 2.75) is 12.8 Å². The van der Waals surface area contributed by atoms with Crippen LogP contribution in [0.5, 0.6) is 0 Å². The molecule has 1 heterocycles. The summed E-state index contributed by atoms with van der Waals surface area (Å²) >= 11 is 0. The van der Waals surface area contributed by atoms with Crippen LogP contribution in [0, 0.1) is 10.1 Å². The van der Waals surface area contributed by atoms with Gasteiger partial charge in [0.05, 0.1) is 18.1 Å². The van der Waals surface area contributed by atoms with E-state index in [1.165, 1.54) is 6.07 Å². The third-order valence-corrected chi connectivity index (χ3v) is 4.16. The molecule has 23 heavy (non-hydrogen) atoms. The lowest BCUT2D eigenvalue weighted by Gasteiger charge is -2.31. The zero-order valence-electron chi connectivity index (χ0n) is 12.7. The van der Waals surface area contributed by atoms with Gasteiger partial charge in [0.2, 0.25) is 0 Å². The van der Waals surface area contributed by atoms with Crippen LogP contribution in [0.25, 0.3) is 6.08 Å². The Kier molecular flexibility index (Phi) is 4.52. The summed E-state index contributed by atoms with van der Waals surface area (Å²) in [6.07, 6.45) is 4.38. The summed E-state index contributed by atoms with van der Waals surface area (Å²) in [5.41, 5.74) is 3.71. The van der Waals surface area contributed by atoms with Crippen LogP contribution in [0.3, 0.4) is 0 Å². The van der Waals surface area contributed by atoms with Crippen molar-refractivity contribution in [3.05, 3.63) is 56.8 Å².